The Morgan fingerprint density at radius 2 is 1.56 bits per heavy atom. The highest BCUT2D eigenvalue weighted by Gasteiger charge is 2.27. The standard InChI is InChI=1S/C20H23NO4/c1-12-13(2)20(24)17(14(3)19(12)23)9-10-21-18(22)11-15-5-7-16(25-4)8-6-15/h5-8H,9-11H2,1-4H3,(H,21,22). The van der Waals surface area contributed by atoms with Crippen molar-refractivity contribution < 1.29 is 19.1 Å². The van der Waals surface area contributed by atoms with Gasteiger partial charge in [0.05, 0.1) is 13.5 Å². The molecule has 0 aromatic heterocycles. The van der Waals surface area contributed by atoms with Crippen LogP contribution in [0.3, 0.4) is 0 Å². The predicted molar refractivity (Wildman–Crippen MR) is 95.4 cm³/mol. The van der Waals surface area contributed by atoms with Crippen LogP contribution in [0, 0.1) is 0 Å². The molecule has 0 spiro atoms. The Labute approximate surface area is 147 Å². The normalized spacial score (nSPS) is 14.9. The summed E-state index contributed by atoms with van der Waals surface area (Å²) in [6, 6.07) is 7.29. The number of rotatable bonds is 6. The van der Waals surface area contributed by atoms with Crippen molar-refractivity contribution in [2.45, 2.75) is 33.6 Å². The Bertz CT molecular complexity index is 769. The second kappa shape index (κ2) is 7.92. The molecule has 1 amide bonds. The molecule has 5 heteroatoms. The molecule has 0 unspecified atom stereocenters. The fourth-order valence-corrected chi connectivity index (χ4v) is 2.77. The van der Waals surface area contributed by atoms with Crippen LogP contribution < -0.4 is 10.1 Å². The molecule has 1 aromatic carbocycles. The van der Waals surface area contributed by atoms with Crippen LogP contribution in [0.4, 0.5) is 0 Å². The van der Waals surface area contributed by atoms with Crippen LogP contribution >= 0.6 is 0 Å². The lowest BCUT2D eigenvalue weighted by molar-refractivity contribution is -0.120. The van der Waals surface area contributed by atoms with E-state index in [9.17, 15) is 14.4 Å². The summed E-state index contributed by atoms with van der Waals surface area (Å²) >= 11 is 0. The third-order valence-corrected chi connectivity index (χ3v) is 4.53. The maximum atomic E-state index is 12.3. The van der Waals surface area contributed by atoms with Crippen LogP contribution in [0.2, 0.25) is 0 Å². The minimum absolute atomic E-state index is 0.0864. The van der Waals surface area contributed by atoms with E-state index < -0.39 is 0 Å². The molecule has 0 saturated carbocycles. The van der Waals surface area contributed by atoms with Crippen LogP contribution in [-0.2, 0) is 20.8 Å². The molecule has 1 aliphatic carbocycles. The number of hydrogen-bond donors (Lipinski definition) is 1. The number of allylic oxidation sites excluding steroid dienone is 3. The van der Waals surface area contributed by atoms with Gasteiger partial charge in [0.15, 0.2) is 11.6 Å². The highest BCUT2D eigenvalue weighted by molar-refractivity contribution is 6.24. The molecule has 0 fully saturated rings. The van der Waals surface area contributed by atoms with Gasteiger partial charge in [-0.2, -0.15) is 0 Å². The first kappa shape index (κ1) is 18.6. The van der Waals surface area contributed by atoms with Gasteiger partial charge in [0.2, 0.25) is 5.91 Å². The van der Waals surface area contributed by atoms with E-state index in [2.05, 4.69) is 5.32 Å². The van der Waals surface area contributed by atoms with Crippen LogP contribution in [-0.4, -0.2) is 31.1 Å². The van der Waals surface area contributed by atoms with Gasteiger partial charge in [-0.3, -0.25) is 14.4 Å². The number of ether oxygens (including phenoxy) is 1. The zero-order valence-electron chi connectivity index (χ0n) is 15.1. The molecule has 0 aliphatic heterocycles. The van der Waals surface area contributed by atoms with E-state index in [4.69, 9.17) is 4.74 Å². The summed E-state index contributed by atoms with van der Waals surface area (Å²) in [5, 5.41) is 2.81. The summed E-state index contributed by atoms with van der Waals surface area (Å²) in [5.41, 5.74) is 2.87. The van der Waals surface area contributed by atoms with Crippen molar-refractivity contribution >= 4 is 17.5 Å². The highest BCUT2D eigenvalue weighted by atomic mass is 16.5. The number of amides is 1. The van der Waals surface area contributed by atoms with E-state index in [0.717, 1.165) is 11.3 Å². The van der Waals surface area contributed by atoms with Crippen molar-refractivity contribution in [2.75, 3.05) is 13.7 Å². The molecule has 2 rings (SSSR count). The Morgan fingerprint density at radius 1 is 0.960 bits per heavy atom. The van der Waals surface area contributed by atoms with Gasteiger partial charge in [0, 0.05) is 28.8 Å². The third kappa shape index (κ3) is 4.24. The van der Waals surface area contributed by atoms with E-state index in [1.807, 2.05) is 12.1 Å². The smallest absolute Gasteiger partial charge is 0.224 e. The molecule has 0 radical (unpaired) electrons. The van der Waals surface area contributed by atoms with Crippen molar-refractivity contribution in [3.63, 3.8) is 0 Å². The summed E-state index contributed by atoms with van der Waals surface area (Å²) in [7, 11) is 1.59. The van der Waals surface area contributed by atoms with E-state index in [-0.39, 0.29) is 23.9 Å². The summed E-state index contributed by atoms with van der Waals surface area (Å²) in [4.78, 5) is 36.5. The number of hydrogen-bond acceptors (Lipinski definition) is 4. The van der Waals surface area contributed by atoms with Gasteiger partial charge in [-0.15, -0.1) is 0 Å². The van der Waals surface area contributed by atoms with Crippen LogP contribution in [0.5, 0.6) is 5.75 Å². The molecule has 5 nitrogen and oxygen atoms in total. The molecular formula is C20H23NO4. The molecular weight excluding hydrogens is 318 g/mol. The molecule has 132 valence electrons. The van der Waals surface area contributed by atoms with Crippen molar-refractivity contribution in [2.24, 2.45) is 0 Å². The van der Waals surface area contributed by atoms with Crippen molar-refractivity contribution in [1.29, 1.82) is 0 Å². The molecule has 25 heavy (non-hydrogen) atoms. The zero-order chi connectivity index (χ0) is 18.6. The number of carbonyl (C=O) groups excluding carboxylic acids is 3. The first-order valence-corrected chi connectivity index (χ1v) is 8.21. The van der Waals surface area contributed by atoms with E-state index in [1.54, 1.807) is 40.0 Å². The fraction of sp³-hybridized carbons (Fsp3) is 0.350. The minimum atomic E-state index is -0.124. The van der Waals surface area contributed by atoms with Gasteiger partial charge >= 0.3 is 0 Å². The maximum absolute atomic E-state index is 12.3. The van der Waals surface area contributed by atoms with E-state index in [0.29, 0.717) is 35.3 Å². The molecule has 0 saturated heterocycles. The Hall–Kier alpha value is -2.69. The second-order valence-electron chi connectivity index (χ2n) is 6.14. The monoisotopic (exact) mass is 341 g/mol. The van der Waals surface area contributed by atoms with E-state index in [1.165, 1.54) is 0 Å². The SMILES string of the molecule is COc1ccc(CC(=O)NCCC2=C(C)C(=O)C(C)=C(C)C2=O)cc1. The molecule has 1 aliphatic rings. The topological polar surface area (TPSA) is 72.5 Å². The molecule has 0 atom stereocenters. The van der Waals surface area contributed by atoms with Crippen molar-refractivity contribution in [3.05, 3.63) is 52.1 Å². The quantitative estimate of drug-likeness (QED) is 0.807. The highest BCUT2D eigenvalue weighted by Crippen LogP contribution is 2.25. The Balaban J connectivity index is 1.90. The first-order valence-electron chi connectivity index (χ1n) is 8.21. The number of Topliss-reactive ketones (excluding diaryl/α,β-unsaturated/α-hetero) is 2. The Morgan fingerprint density at radius 3 is 2.16 bits per heavy atom. The summed E-state index contributed by atoms with van der Waals surface area (Å²) in [5.74, 6) is 0.433. The summed E-state index contributed by atoms with van der Waals surface area (Å²) < 4.78 is 5.08. The molecule has 1 N–H and O–H groups in total. The number of carbonyl (C=O) groups is 3. The maximum Gasteiger partial charge on any atom is 0.224 e. The van der Waals surface area contributed by atoms with Crippen molar-refractivity contribution in [3.8, 4) is 5.75 Å². The van der Waals surface area contributed by atoms with Gasteiger partial charge in [-0.1, -0.05) is 12.1 Å². The Kier molecular flexibility index (Phi) is 5.91. The average molecular weight is 341 g/mol. The van der Waals surface area contributed by atoms with Gasteiger partial charge in [0.25, 0.3) is 0 Å². The van der Waals surface area contributed by atoms with Crippen LogP contribution in [0.1, 0.15) is 32.8 Å². The summed E-state index contributed by atoms with van der Waals surface area (Å²) in [6.45, 7) is 5.34. The lowest BCUT2D eigenvalue weighted by Crippen LogP contribution is -2.28. The predicted octanol–water partition coefficient (Wildman–Crippen LogP) is 2.55. The second-order valence-corrected chi connectivity index (χ2v) is 6.14. The summed E-state index contributed by atoms with van der Waals surface area (Å²) in [6.07, 6.45) is 0.613. The average Bonchev–Trinajstić information content (AvgIpc) is 2.62. The van der Waals surface area contributed by atoms with Gasteiger partial charge in [-0.05, 0) is 44.9 Å². The molecule has 1 aromatic rings. The molecule has 0 bridgehead atoms. The lowest BCUT2D eigenvalue weighted by Gasteiger charge is -2.18. The minimum Gasteiger partial charge on any atom is -0.497 e. The van der Waals surface area contributed by atoms with E-state index >= 15 is 0 Å². The number of benzene rings is 1. The largest absolute Gasteiger partial charge is 0.497 e. The number of ketones is 2. The van der Waals surface area contributed by atoms with Crippen LogP contribution in [0.15, 0.2) is 46.6 Å². The number of nitrogens with one attached hydrogen (secondary N) is 1. The fourth-order valence-electron chi connectivity index (χ4n) is 2.77. The lowest BCUT2D eigenvalue weighted by atomic mass is 9.84. The van der Waals surface area contributed by atoms with Gasteiger partial charge < -0.3 is 10.1 Å². The number of methoxy groups -OCH3 is 1. The van der Waals surface area contributed by atoms with Gasteiger partial charge in [0.1, 0.15) is 5.75 Å². The molecule has 0 heterocycles. The van der Waals surface area contributed by atoms with Gasteiger partial charge in [-0.25, -0.2) is 0 Å². The third-order valence-electron chi connectivity index (χ3n) is 4.53. The van der Waals surface area contributed by atoms with Crippen LogP contribution in [0.25, 0.3) is 0 Å². The zero-order valence-corrected chi connectivity index (χ0v) is 15.1. The van der Waals surface area contributed by atoms with Crippen molar-refractivity contribution in [1.82, 2.24) is 5.32 Å². The first-order chi connectivity index (χ1) is 11.8.